The number of benzene rings is 3. The number of carbonyl (C=O) groups is 1. The molecule has 0 bridgehead atoms. The van der Waals surface area contributed by atoms with E-state index in [-0.39, 0.29) is 23.9 Å². The molecule has 0 fully saturated rings. The molecular formula is C22H17BrFNO3. The van der Waals surface area contributed by atoms with Gasteiger partial charge in [0.2, 0.25) is 5.88 Å². The van der Waals surface area contributed by atoms with E-state index in [1.807, 2.05) is 30.3 Å². The van der Waals surface area contributed by atoms with Gasteiger partial charge in [0, 0.05) is 10.0 Å². The van der Waals surface area contributed by atoms with Crippen LogP contribution < -0.4 is 10.5 Å². The standard InChI is InChI=1S/C22H17BrFNO3/c1-2-27-22(26)20-18(12-3-7-15(24)8-4-12)19-16-9-6-14(23)11-13(16)5-10-17(19)28-21(20)25/h3-11,18H,2,25H2,1H3/t18-/m1/s1. The van der Waals surface area contributed by atoms with Gasteiger partial charge in [-0.25, -0.2) is 9.18 Å². The van der Waals surface area contributed by atoms with Crippen molar-refractivity contribution in [1.82, 2.24) is 0 Å². The first-order valence-electron chi connectivity index (χ1n) is 8.82. The first-order chi connectivity index (χ1) is 13.5. The van der Waals surface area contributed by atoms with Gasteiger partial charge in [-0.15, -0.1) is 0 Å². The summed E-state index contributed by atoms with van der Waals surface area (Å²) in [6, 6.07) is 15.7. The molecule has 1 heterocycles. The molecule has 0 aliphatic carbocycles. The number of ether oxygens (including phenoxy) is 2. The number of halogens is 2. The molecule has 0 saturated heterocycles. The summed E-state index contributed by atoms with van der Waals surface area (Å²) in [4.78, 5) is 12.7. The van der Waals surface area contributed by atoms with Crippen LogP contribution in [-0.4, -0.2) is 12.6 Å². The van der Waals surface area contributed by atoms with Crippen LogP contribution >= 0.6 is 15.9 Å². The minimum Gasteiger partial charge on any atom is -0.462 e. The molecule has 3 aromatic rings. The molecule has 28 heavy (non-hydrogen) atoms. The Labute approximate surface area is 169 Å². The van der Waals surface area contributed by atoms with Crippen LogP contribution in [0.15, 0.2) is 70.5 Å². The molecule has 0 aromatic heterocycles. The third-order valence-corrected chi connectivity index (χ3v) is 5.24. The van der Waals surface area contributed by atoms with Crippen molar-refractivity contribution in [2.45, 2.75) is 12.8 Å². The zero-order chi connectivity index (χ0) is 19.8. The second kappa shape index (κ2) is 7.28. The van der Waals surface area contributed by atoms with Crippen molar-refractivity contribution in [2.75, 3.05) is 6.61 Å². The van der Waals surface area contributed by atoms with Crippen molar-refractivity contribution >= 4 is 32.7 Å². The predicted molar refractivity (Wildman–Crippen MR) is 108 cm³/mol. The maximum atomic E-state index is 13.5. The van der Waals surface area contributed by atoms with E-state index < -0.39 is 11.9 Å². The number of fused-ring (bicyclic) bond motifs is 3. The normalized spacial score (nSPS) is 15.9. The quantitative estimate of drug-likeness (QED) is 0.580. The SMILES string of the molecule is CCOC(=O)C1=C(N)Oc2ccc3cc(Br)ccc3c2[C@H]1c1ccc(F)cc1. The topological polar surface area (TPSA) is 61.5 Å². The van der Waals surface area contributed by atoms with E-state index in [9.17, 15) is 9.18 Å². The summed E-state index contributed by atoms with van der Waals surface area (Å²) in [5.74, 6) is -0.874. The van der Waals surface area contributed by atoms with E-state index in [0.29, 0.717) is 5.75 Å². The Balaban J connectivity index is 2.01. The van der Waals surface area contributed by atoms with Gasteiger partial charge in [-0.1, -0.05) is 40.2 Å². The summed E-state index contributed by atoms with van der Waals surface area (Å²) in [6.07, 6.45) is 0. The molecule has 6 heteroatoms. The molecule has 3 aromatic carbocycles. The molecule has 0 saturated carbocycles. The maximum Gasteiger partial charge on any atom is 0.340 e. The van der Waals surface area contributed by atoms with Gasteiger partial charge >= 0.3 is 5.97 Å². The van der Waals surface area contributed by atoms with Gasteiger partial charge in [0.15, 0.2) is 0 Å². The summed E-state index contributed by atoms with van der Waals surface area (Å²) in [6.45, 7) is 1.94. The number of hydrogen-bond donors (Lipinski definition) is 1. The third-order valence-electron chi connectivity index (χ3n) is 4.74. The van der Waals surface area contributed by atoms with Crippen molar-refractivity contribution in [3.63, 3.8) is 0 Å². The highest BCUT2D eigenvalue weighted by molar-refractivity contribution is 9.10. The smallest absolute Gasteiger partial charge is 0.340 e. The van der Waals surface area contributed by atoms with E-state index in [4.69, 9.17) is 15.2 Å². The first kappa shape index (κ1) is 18.5. The average molecular weight is 442 g/mol. The predicted octanol–water partition coefficient (Wildman–Crippen LogP) is 5.00. The summed E-state index contributed by atoms with van der Waals surface area (Å²) in [5, 5.41) is 1.90. The van der Waals surface area contributed by atoms with Crippen LogP contribution in [-0.2, 0) is 9.53 Å². The Hall–Kier alpha value is -2.86. The summed E-state index contributed by atoms with van der Waals surface area (Å²) < 4.78 is 25.5. The van der Waals surface area contributed by atoms with Gasteiger partial charge in [0.1, 0.15) is 17.1 Å². The highest BCUT2D eigenvalue weighted by atomic mass is 79.9. The van der Waals surface area contributed by atoms with Crippen LogP contribution in [0.2, 0.25) is 0 Å². The molecule has 1 atom stereocenters. The van der Waals surface area contributed by atoms with Crippen LogP contribution in [0, 0.1) is 5.82 Å². The molecular weight excluding hydrogens is 425 g/mol. The Morgan fingerprint density at radius 2 is 1.93 bits per heavy atom. The second-order valence-electron chi connectivity index (χ2n) is 6.43. The van der Waals surface area contributed by atoms with Gasteiger partial charge in [-0.2, -0.15) is 0 Å². The Bertz CT molecular complexity index is 1110. The lowest BCUT2D eigenvalue weighted by atomic mass is 9.80. The van der Waals surface area contributed by atoms with Crippen molar-refractivity contribution in [3.05, 3.63) is 87.5 Å². The fraction of sp³-hybridized carbons (Fsp3) is 0.136. The molecule has 4 rings (SSSR count). The zero-order valence-electron chi connectivity index (χ0n) is 15.0. The van der Waals surface area contributed by atoms with Crippen molar-refractivity contribution in [3.8, 4) is 5.75 Å². The lowest BCUT2D eigenvalue weighted by molar-refractivity contribution is -0.139. The number of nitrogens with two attached hydrogens (primary N) is 1. The Kier molecular flexibility index (Phi) is 4.81. The van der Waals surface area contributed by atoms with E-state index >= 15 is 0 Å². The van der Waals surface area contributed by atoms with Crippen molar-refractivity contribution in [2.24, 2.45) is 5.73 Å². The summed E-state index contributed by atoms with van der Waals surface area (Å²) in [7, 11) is 0. The third kappa shape index (κ3) is 3.14. The molecule has 1 aliphatic rings. The van der Waals surface area contributed by atoms with Gasteiger partial charge < -0.3 is 15.2 Å². The van der Waals surface area contributed by atoms with E-state index in [2.05, 4.69) is 15.9 Å². The van der Waals surface area contributed by atoms with Gasteiger partial charge in [0.05, 0.1) is 12.5 Å². The summed E-state index contributed by atoms with van der Waals surface area (Å²) >= 11 is 3.49. The average Bonchev–Trinajstić information content (AvgIpc) is 2.67. The molecule has 0 radical (unpaired) electrons. The molecule has 0 spiro atoms. The summed E-state index contributed by atoms with van der Waals surface area (Å²) in [5.41, 5.74) is 7.87. The zero-order valence-corrected chi connectivity index (χ0v) is 16.6. The van der Waals surface area contributed by atoms with Gasteiger partial charge in [-0.3, -0.25) is 0 Å². The largest absolute Gasteiger partial charge is 0.462 e. The molecule has 4 nitrogen and oxygen atoms in total. The lowest BCUT2D eigenvalue weighted by Gasteiger charge is -2.29. The molecule has 142 valence electrons. The van der Waals surface area contributed by atoms with Crippen LogP contribution in [0.1, 0.15) is 24.0 Å². The Morgan fingerprint density at radius 1 is 1.18 bits per heavy atom. The Morgan fingerprint density at radius 3 is 2.64 bits per heavy atom. The van der Waals surface area contributed by atoms with Gasteiger partial charge in [-0.05, 0) is 53.6 Å². The maximum absolute atomic E-state index is 13.5. The molecule has 0 amide bonds. The minimum absolute atomic E-state index is 0.00302. The number of carbonyl (C=O) groups excluding carboxylic acids is 1. The van der Waals surface area contributed by atoms with Crippen molar-refractivity contribution in [1.29, 1.82) is 0 Å². The number of hydrogen-bond acceptors (Lipinski definition) is 4. The van der Waals surface area contributed by atoms with Crippen LogP contribution in [0.4, 0.5) is 4.39 Å². The highest BCUT2D eigenvalue weighted by Crippen LogP contribution is 2.46. The highest BCUT2D eigenvalue weighted by Gasteiger charge is 2.36. The minimum atomic E-state index is -0.547. The van der Waals surface area contributed by atoms with Gasteiger partial charge in [0.25, 0.3) is 0 Å². The lowest BCUT2D eigenvalue weighted by Crippen LogP contribution is -2.27. The van der Waals surface area contributed by atoms with E-state index in [1.165, 1.54) is 12.1 Å². The van der Waals surface area contributed by atoms with E-state index in [1.54, 1.807) is 19.1 Å². The second-order valence-corrected chi connectivity index (χ2v) is 7.34. The first-order valence-corrected chi connectivity index (χ1v) is 9.61. The fourth-order valence-electron chi connectivity index (χ4n) is 3.57. The molecule has 2 N–H and O–H groups in total. The monoisotopic (exact) mass is 441 g/mol. The van der Waals surface area contributed by atoms with Crippen LogP contribution in [0.5, 0.6) is 5.75 Å². The number of rotatable bonds is 3. The van der Waals surface area contributed by atoms with Crippen LogP contribution in [0.3, 0.4) is 0 Å². The molecule has 0 unspecified atom stereocenters. The fourth-order valence-corrected chi connectivity index (χ4v) is 3.95. The van der Waals surface area contributed by atoms with E-state index in [0.717, 1.165) is 26.4 Å². The molecule has 1 aliphatic heterocycles. The van der Waals surface area contributed by atoms with Crippen molar-refractivity contribution < 1.29 is 18.7 Å². The van der Waals surface area contributed by atoms with Crippen LogP contribution in [0.25, 0.3) is 10.8 Å². The number of esters is 1.